The van der Waals surface area contributed by atoms with Crippen LogP contribution in [-0.2, 0) is 9.59 Å². The number of carbonyl (C=O) groups is 2. The summed E-state index contributed by atoms with van der Waals surface area (Å²) in [5.74, 6) is -2.59. The highest BCUT2D eigenvalue weighted by Gasteiger charge is 2.40. The predicted octanol–water partition coefficient (Wildman–Crippen LogP) is 4.44. The molecule has 160 valence electrons. The average Bonchev–Trinajstić information content (AvgIpc) is 3.20. The minimum Gasteiger partial charge on any atom is -0.481 e. The number of hydrogen-bond acceptors (Lipinski definition) is 5. The van der Waals surface area contributed by atoms with E-state index in [1.807, 2.05) is 53.9 Å². The zero-order chi connectivity index (χ0) is 22.0. The first-order valence-corrected chi connectivity index (χ1v) is 11.2. The van der Waals surface area contributed by atoms with Crippen LogP contribution in [0.4, 0.5) is 5.13 Å². The number of nitrogens with zero attached hydrogens (tertiary/aromatic N) is 2. The van der Waals surface area contributed by atoms with Gasteiger partial charge in [0.25, 0.3) is 0 Å². The maximum atomic E-state index is 13.5. The number of rotatable bonds is 5. The van der Waals surface area contributed by atoms with Crippen molar-refractivity contribution < 1.29 is 19.8 Å². The highest BCUT2D eigenvalue weighted by atomic mass is 35.5. The van der Waals surface area contributed by atoms with Crippen LogP contribution in [0.1, 0.15) is 24.3 Å². The average molecular weight is 457 g/mol. The molecule has 0 saturated carbocycles. The van der Waals surface area contributed by atoms with Gasteiger partial charge in [0.15, 0.2) is 5.13 Å². The van der Waals surface area contributed by atoms with Crippen LogP contribution >= 0.6 is 22.9 Å². The van der Waals surface area contributed by atoms with E-state index >= 15 is 0 Å². The molecule has 3 aromatic rings. The number of hydrogen-bond donors (Lipinski definition) is 2. The molecule has 0 radical (unpaired) electrons. The molecule has 1 saturated heterocycles. The Kier molecular flexibility index (Phi) is 6.36. The van der Waals surface area contributed by atoms with Crippen molar-refractivity contribution in [2.45, 2.75) is 24.9 Å². The van der Waals surface area contributed by atoms with Crippen molar-refractivity contribution >= 4 is 39.9 Å². The van der Waals surface area contributed by atoms with Gasteiger partial charge in [-0.3, -0.25) is 14.5 Å². The fourth-order valence-corrected chi connectivity index (χ4v) is 5.12. The van der Waals surface area contributed by atoms with E-state index in [0.717, 1.165) is 11.1 Å². The molecule has 2 N–H and O–H groups in total. The first kappa shape index (κ1) is 21.5. The molecular weight excluding hydrogens is 436 g/mol. The molecule has 0 spiro atoms. The normalized spacial score (nSPS) is 21.7. The Morgan fingerprint density at radius 2 is 1.87 bits per heavy atom. The number of aliphatic hydroxyl groups is 1. The molecule has 2 aromatic carbocycles. The third-order valence-electron chi connectivity index (χ3n) is 5.48. The second-order valence-electron chi connectivity index (χ2n) is 7.56. The van der Waals surface area contributed by atoms with Gasteiger partial charge in [-0.05, 0) is 24.0 Å². The van der Waals surface area contributed by atoms with E-state index in [0.29, 0.717) is 22.3 Å². The lowest BCUT2D eigenvalue weighted by Crippen LogP contribution is -2.39. The third kappa shape index (κ3) is 4.63. The fourth-order valence-electron chi connectivity index (χ4n) is 4.04. The Hall–Kier alpha value is -2.74. The van der Waals surface area contributed by atoms with E-state index in [-0.39, 0.29) is 18.9 Å². The highest BCUT2D eigenvalue weighted by Crippen LogP contribution is 2.39. The van der Waals surface area contributed by atoms with Gasteiger partial charge in [-0.25, -0.2) is 4.98 Å². The summed E-state index contributed by atoms with van der Waals surface area (Å²) in [5, 5.41) is 23.0. The molecule has 1 aliphatic heterocycles. The summed E-state index contributed by atoms with van der Waals surface area (Å²) in [5.41, 5.74) is 2.23. The van der Waals surface area contributed by atoms with Gasteiger partial charge in [-0.15, -0.1) is 11.3 Å². The van der Waals surface area contributed by atoms with Crippen molar-refractivity contribution in [2.75, 3.05) is 11.4 Å². The Labute approximate surface area is 188 Å². The second-order valence-corrected chi connectivity index (χ2v) is 8.80. The molecule has 3 atom stereocenters. The third-order valence-corrected chi connectivity index (χ3v) is 6.68. The van der Waals surface area contributed by atoms with E-state index in [1.165, 1.54) is 16.2 Å². The van der Waals surface area contributed by atoms with Crippen LogP contribution in [-0.4, -0.2) is 39.7 Å². The van der Waals surface area contributed by atoms with Crippen molar-refractivity contribution in [2.24, 2.45) is 5.92 Å². The van der Waals surface area contributed by atoms with Crippen LogP contribution in [0.5, 0.6) is 0 Å². The van der Waals surface area contributed by atoms with Gasteiger partial charge in [0, 0.05) is 16.0 Å². The summed E-state index contributed by atoms with van der Waals surface area (Å²) >= 11 is 7.55. The monoisotopic (exact) mass is 456 g/mol. The molecule has 0 bridgehead atoms. The Morgan fingerprint density at radius 1 is 1.16 bits per heavy atom. The number of carbonyl (C=O) groups excluding carboxylic acids is 1. The first-order chi connectivity index (χ1) is 14.9. The van der Waals surface area contributed by atoms with Crippen molar-refractivity contribution in [3.63, 3.8) is 0 Å². The summed E-state index contributed by atoms with van der Waals surface area (Å²) < 4.78 is 0. The lowest BCUT2D eigenvalue weighted by atomic mass is 9.80. The van der Waals surface area contributed by atoms with E-state index in [1.54, 1.807) is 6.07 Å². The van der Waals surface area contributed by atoms with Crippen LogP contribution in [0.2, 0.25) is 5.02 Å². The van der Waals surface area contributed by atoms with Gasteiger partial charge in [0.1, 0.15) is 0 Å². The largest absolute Gasteiger partial charge is 0.481 e. The summed E-state index contributed by atoms with van der Waals surface area (Å²) in [7, 11) is 0. The van der Waals surface area contributed by atoms with Crippen LogP contribution in [0.25, 0.3) is 11.3 Å². The quantitative estimate of drug-likeness (QED) is 0.592. The second kappa shape index (κ2) is 9.18. The van der Waals surface area contributed by atoms with Gasteiger partial charge in [0.05, 0.1) is 30.7 Å². The standard InChI is InChI=1S/C23H21ClN2O4S/c24-19-9-5-4-8-16(19)20-13-31-23(25-20)26-12-15(27)10-17(14-6-2-1-3-7-14)18(22(26)30)11-21(28)29/h1-9,13,15,17-18,27H,10-12H2,(H,28,29). The molecule has 1 aromatic heterocycles. The van der Waals surface area contributed by atoms with Gasteiger partial charge < -0.3 is 10.2 Å². The van der Waals surface area contributed by atoms with E-state index in [9.17, 15) is 19.8 Å². The smallest absolute Gasteiger partial charge is 0.304 e. The topological polar surface area (TPSA) is 90.7 Å². The molecule has 2 heterocycles. The Balaban J connectivity index is 1.70. The summed E-state index contributed by atoms with van der Waals surface area (Å²) in [6, 6.07) is 16.6. The Morgan fingerprint density at radius 3 is 2.58 bits per heavy atom. The van der Waals surface area contributed by atoms with Crippen LogP contribution in [0.3, 0.4) is 0 Å². The van der Waals surface area contributed by atoms with Gasteiger partial charge in [-0.2, -0.15) is 0 Å². The van der Waals surface area contributed by atoms with Crippen LogP contribution in [0.15, 0.2) is 60.0 Å². The van der Waals surface area contributed by atoms with E-state index in [4.69, 9.17) is 11.6 Å². The number of anilines is 1. The minimum atomic E-state index is -1.05. The summed E-state index contributed by atoms with van der Waals surface area (Å²) in [6.45, 7) is 0.0633. The van der Waals surface area contributed by atoms with Crippen molar-refractivity contribution in [1.29, 1.82) is 0 Å². The van der Waals surface area contributed by atoms with Crippen LogP contribution in [0, 0.1) is 5.92 Å². The number of aliphatic carboxylic acids is 1. The minimum absolute atomic E-state index is 0.0633. The number of benzene rings is 2. The molecule has 1 fully saturated rings. The maximum Gasteiger partial charge on any atom is 0.304 e. The summed E-state index contributed by atoms with van der Waals surface area (Å²) in [6.07, 6.45) is -0.822. The van der Waals surface area contributed by atoms with Gasteiger partial charge in [-0.1, -0.05) is 60.1 Å². The number of amides is 1. The number of halogens is 1. The maximum absolute atomic E-state index is 13.5. The molecule has 0 aliphatic carbocycles. The zero-order valence-corrected chi connectivity index (χ0v) is 18.1. The molecule has 8 heteroatoms. The molecule has 6 nitrogen and oxygen atoms in total. The van der Waals surface area contributed by atoms with Crippen molar-refractivity contribution in [3.05, 3.63) is 70.6 Å². The fraction of sp³-hybridized carbons (Fsp3) is 0.261. The lowest BCUT2D eigenvalue weighted by Gasteiger charge is -2.25. The number of β-amino-alcohol motifs (C(OH)–C–C–N with tert-alkyl or cyclic N) is 1. The van der Waals surface area contributed by atoms with Crippen molar-refractivity contribution in [3.8, 4) is 11.3 Å². The summed E-state index contributed by atoms with van der Waals surface area (Å²) in [4.78, 5) is 31.1. The Bertz CT molecular complexity index is 1090. The van der Waals surface area contributed by atoms with Gasteiger partial charge in [0.2, 0.25) is 5.91 Å². The van der Waals surface area contributed by atoms with Gasteiger partial charge >= 0.3 is 5.97 Å². The lowest BCUT2D eigenvalue weighted by molar-refractivity contribution is -0.141. The molecule has 1 aliphatic rings. The molecule has 3 unspecified atom stereocenters. The van der Waals surface area contributed by atoms with E-state index < -0.39 is 23.9 Å². The van der Waals surface area contributed by atoms with Crippen molar-refractivity contribution in [1.82, 2.24) is 4.98 Å². The SMILES string of the molecule is O=C(O)CC1C(=O)N(c2nc(-c3ccccc3Cl)cs2)CC(O)CC1c1ccccc1. The molecule has 1 amide bonds. The number of carboxylic acids is 1. The first-order valence-electron chi connectivity index (χ1n) is 9.90. The zero-order valence-electron chi connectivity index (χ0n) is 16.5. The number of carboxylic acid groups (broad SMARTS) is 1. The van der Waals surface area contributed by atoms with Crippen LogP contribution < -0.4 is 4.90 Å². The van der Waals surface area contributed by atoms with E-state index in [2.05, 4.69) is 4.98 Å². The number of aromatic nitrogens is 1. The molecular formula is C23H21ClN2O4S. The predicted molar refractivity (Wildman–Crippen MR) is 120 cm³/mol. The highest BCUT2D eigenvalue weighted by molar-refractivity contribution is 7.14. The molecule has 31 heavy (non-hydrogen) atoms. The molecule has 4 rings (SSSR count). The number of thiazole rings is 1. The number of aliphatic hydroxyl groups excluding tert-OH is 1.